The van der Waals surface area contributed by atoms with Crippen LogP contribution in [-0.4, -0.2) is 29.3 Å². The maximum atomic E-state index is 11.8. The van der Waals surface area contributed by atoms with Crippen molar-refractivity contribution < 1.29 is 14.3 Å². The molecule has 0 fully saturated rings. The molecule has 1 atom stereocenters. The van der Waals surface area contributed by atoms with Crippen LogP contribution in [0.25, 0.3) is 0 Å². The minimum atomic E-state index is -0.212. The molecular formula is C13H14N2O3S. The number of carbonyl (C=O) groups is 2. The molecule has 1 aromatic carbocycles. The number of thioether (sulfide) groups is 1. The van der Waals surface area contributed by atoms with Crippen molar-refractivity contribution in [2.75, 3.05) is 7.11 Å². The molecule has 19 heavy (non-hydrogen) atoms. The molecule has 0 radical (unpaired) electrons. The lowest BCUT2D eigenvalue weighted by molar-refractivity contribution is -0.119. The lowest BCUT2D eigenvalue weighted by Gasteiger charge is -2.05. The van der Waals surface area contributed by atoms with Crippen LogP contribution in [0, 0.1) is 0 Å². The van der Waals surface area contributed by atoms with E-state index in [1.165, 1.54) is 11.8 Å². The van der Waals surface area contributed by atoms with Crippen LogP contribution in [-0.2, 0) is 16.0 Å². The molecule has 100 valence electrons. The molecule has 0 bridgehead atoms. The Labute approximate surface area is 115 Å². The lowest BCUT2D eigenvalue weighted by atomic mass is 10.1. The predicted octanol–water partition coefficient (Wildman–Crippen LogP) is 1.37. The van der Waals surface area contributed by atoms with Crippen molar-refractivity contribution in [2.24, 2.45) is 4.99 Å². The molecule has 0 unspecified atom stereocenters. The lowest BCUT2D eigenvalue weighted by Crippen LogP contribution is -2.29. The van der Waals surface area contributed by atoms with Gasteiger partial charge in [0.25, 0.3) is 5.91 Å². The number of methoxy groups -OCH3 is 1. The summed E-state index contributed by atoms with van der Waals surface area (Å²) < 4.78 is 5.04. The predicted molar refractivity (Wildman–Crippen MR) is 74.3 cm³/mol. The van der Waals surface area contributed by atoms with Crippen molar-refractivity contribution in [2.45, 2.75) is 18.6 Å². The number of amides is 2. The van der Waals surface area contributed by atoms with Gasteiger partial charge in [0.1, 0.15) is 5.75 Å². The summed E-state index contributed by atoms with van der Waals surface area (Å²) in [6.07, 6.45) is 0.242. The van der Waals surface area contributed by atoms with E-state index >= 15 is 0 Å². The average Bonchev–Trinajstić information content (AvgIpc) is 2.69. The molecule has 2 amide bonds. The van der Waals surface area contributed by atoms with Crippen LogP contribution in [0.15, 0.2) is 29.3 Å². The molecule has 0 spiro atoms. The van der Waals surface area contributed by atoms with Crippen LogP contribution >= 0.6 is 11.8 Å². The van der Waals surface area contributed by atoms with E-state index in [1.807, 2.05) is 12.1 Å². The molecule has 0 saturated carbocycles. The summed E-state index contributed by atoms with van der Waals surface area (Å²) in [5.41, 5.74) is 0.876. The normalized spacial score (nSPS) is 18.1. The van der Waals surface area contributed by atoms with Gasteiger partial charge in [-0.05, 0) is 24.6 Å². The van der Waals surface area contributed by atoms with Gasteiger partial charge in [-0.15, -0.1) is 0 Å². The first-order chi connectivity index (χ1) is 9.08. The zero-order valence-electron chi connectivity index (χ0n) is 10.7. The summed E-state index contributed by atoms with van der Waals surface area (Å²) in [6, 6.07) is 7.26. The Morgan fingerprint density at radius 2 is 2.11 bits per heavy atom. The van der Waals surface area contributed by atoms with E-state index in [0.29, 0.717) is 5.17 Å². The van der Waals surface area contributed by atoms with E-state index in [2.05, 4.69) is 10.3 Å². The summed E-state index contributed by atoms with van der Waals surface area (Å²) in [5.74, 6) is 0.363. The van der Waals surface area contributed by atoms with Crippen molar-refractivity contribution in [3.8, 4) is 5.75 Å². The highest BCUT2D eigenvalue weighted by Gasteiger charge is 2.24. The minimum Gasteiger partial charge on any atom is -0.497 e. The van der Waals surface area contributed by atoms with E-state index in [9.17, 15) is 9.59 Å². The molecule has 1 aliphatic heterocycles. The van der Waals surface area contributed by atoms with Crippen molar-refractivity contribution in [1.82, 2.24) is 5.32 Å². The van der Waals surface area contributed by atoms with Crippen molar-refractivity contribution in [1.29, 1.82) is 0 Å². The number of hydrogen-bond acceptors (Lipinski definition) is 4. The average molecular weight is 278 g/mol. The van der Waals surface area contributed by atoms with Gasteiger partial charge in [-0.25, -0.2) is 0 Å². The number of ether oxygens (including phenoxy) is 1. The van der Waals surface area contributed by atoms with Gasteiger partial charge >= 0.3 is 0 Å². The van der Waals surface area contributed by atoms with Crippen molar-refractivity contribution >= 4 is 28.7 Å². The minimum absolute atomic E-state index is 0.182. The fourth-order valence-electron chi connectivity index (χ4n) is 1.58. The second-order valence-corrected chi connectivity index (χ2v) is 5.42. The van der Waals surface area contributed by atoms with Crippen LogP contribution in [0.5, 0.6) is 5.75 Å². The highest BCUT2D eigenvalue weighted by molar-refractivity contribution is 8.15. The number of nitrogens with zero attached hydrogens (tertiary/aromatic N) is 1. The summed E-state index contributed by atoms with van der Waals surface area (Å²) in [6.45, 7) is 1.76. The Kier molecular flexibility index (Phi) is 4.21. The number of hydrogen-bond donors (Lipinski definition) is 1. The Bertz CT molecular complexity index is 525. The number of benzene rings is 1. The van der Waals surface area contributed by atoms with Gasteiger partial charge in [-0.1, -0.05) is 23.9 Å². The van der Waals surface area contributed by atoms with Crippen LogP contribution < -0.4 is 10.1 Å². The molecule has 1 aliphatic rings. The topological polar surface area (TPSA) is 67.8 Å². The van der Waals surface area contributed by atoms with Gasteiger partial charge in [0.05, 0.1) is 18.8 Å². The standard InChI is InChI=1S/C13H14N2O3S/c1-8-12(17)15-13(19-8)14-11(16)7-9-3-5-10(18-2)6-4-9/h3-6,8H,7H2,1-2H3,(H,14,15,16,17)/t8-/m1/s1. The Balaban J connectivity index is 1.91. The molecule has 0 saturated heterocycles. The molecule has 1 heterocycles. The highest BCUT2D eigenvalue weighted by Crippen LogP contribution is 2.20. The number of aliphatic imine (C=N–C) groups is 1. The third-order valence-electron chi connectivity index (χ3n) is 2.62. The number of amidine groups is 1. The third-order valence-corrected chi connectivity index (χ3v) is 3.59. The number of rotatable bonds is 3. The molecule has 0 aliphatic carbocycles. The fourth-order valence-corrected chi connectivity index (χ4v) is 2.39. The largest absolute Gasteiger partial charge is 0.497 e. The summed E-state index contributed by atoms with van der Waals surface area (Å²) in [4.78, 5) is 26.8. The smallest absolute Gasteiger partial charge is 0.261 e. The molecular weight excluding hydrogens is 264 g/mol. The van der Waals surface area contributed by atoms with Gasteiger partial charge in [-0.3, -0.25) is 9.59 Å². The van der Waals surface area contributed by atoms with Crippen molar-refractivity contribution in [3.05, 3.63) is 29.8 Å². The Hall–Kier alpha value is -1.82. The Morgan fingerprint density at radius 1 is 1.42 bits per heavy atom. The van der Waals surface area contributed by atoms with Crippen molar-refractivity contribution in [3.63, 3.8) is 0 Å². The second-order valence-electron chi connectivity index (χ2n) is 4.09. The molecule has 2 rings (SSSR count). The first-order valence-corrected chi connectivity index (χ1v) is 6.68. The second kappa shape index (κ2) is 5.88. The zero-order valence-corrected chi connectivity index (χ0v) is 11.5. The van der Waals surface area contributed by atoms with Crippen LogP contribution in [0.2, 0.25) is 0 Å². The summed E-state index contributed by atoms with van der Waals surface area (Å²) in [7, 11) is 1.59. The first kappa shape index (κ1) is 13.6. The molecule has 5 nitrogen and oxygen atoms in total. The van der Waals surface area contributed by atoms with Gasteiger partial charge < -0.3 is 10.1 Å². The van der Waals surface area contributed by atoms with Gasteiger partial charge in [-0.2, -0.15) is 4.99 Å². The highest BCUT2D eigenvalue weighted by atomic mass is 32.2. The Morgan fingerprint density at radius 3 is 2.63 bits per heavy atom. The van der Waals surface area contributed by atoms with Gasteiger partial charge in [0, 0.05) is 0 Å². The van der Waals surface area contributed by atoms with E-state index in [-0.39, 0.29) is 23.5 Å². The van der Waals surface area contributed by atoms with Gasteiger partial charge in [0.2, 0.25) is 5.91 Å². The SMILES string of the molecule is COc1ccc(CC(=O)NC2=NC(=O)[C@@H](C)S2)cc1. The third kappa shape index (κ3) is 3.57. The summed E-state index contributed by atoms with van der Waals surface area (Å²) in [5, 5.41) is 2.81. The van der Waals surface area contributed by atoms with E-state index in [4.69, 9.17) is 4.74 Å². The quantitative estimate of drug-likeness (QED) is 0.906. The van der Waals surface area contributed by atoms with E-state index in [0.717, 1.165) is 11.3 Å². The molecule has 1 aromatic rings. The maximum absolute atomic E-state index is 11.8. The van der Waals surface area contributed by atoms with E-state index in [1.54, 1.807) is 26.2 Å². The molecule has 1 N–H and O–H groups in total. The monoisotopic (exact) mass is 278 g/mol. The molecule has 6 heteroatoms. The maximum Gasteiger partial charge on any atom is 0.261 e. The number of carbonyl (C=O) groups excluding carboxylic acids is 2. The summed E-state index contributed by atoms with van der Waals surface area (Å²) >= 11 is 1.27. The number of nitrogens with one attached hydrogen (secondary N) is 1. The van der Waals surface area contributed by atoms with Crippen LogP contribution in [0.4, 0.5) is 0 Å². The van der Waals surface area contributed by atoms with E-state index < -0.39 is 0 Å². The zero-order chi connectivity index (χ0) is 13.8. The fraction of sp³-hybridized carbons (Fsp3) is 0.308. The van der Waals surface area contributed by atoms with Gasteiger partial charge in [0.15, 0.2) is 5.17 Å². The first-order valence-electron chi connectivity index (χ1n) is 5.80. The van der Waals surface area contributed by atoms with Crippen LogP contribution in [0.3, 0.4) is 0 Å². The van der Waals surface area contributed by atoms with Crippen LogP contribution in [0.1, 0.15) is 12.5 Å². The molecule has 0 aromatic heterocycles.